The van der Waals surface area contributed by atoms with Gasteiger partial charge in [-0.3, -0.25) is 4.79 Å². The zero-order valence-corrected chi connectivity index (χ0v) is 11.4. The Bertz CT molecular complexity index is 611. The van der Waals surface area contributed by atoms with E-state index in [2.05, 4.69) is 5.32 Å². The van der Waals surface area contributed by atoms with E-state index >= 15 is 0 Å². The molecular weight excluding hydrogens is 260 g/mol. The molecule has 2 rings (SSSR count). The number of nitrogens with two attached hydrogens (primary N) is 1. The SMILES string of the molecule is Cc1cccc(CC(=O)Nc2cc(Cl)ccc2N)c1. The molecule has 0 fully saturated rings. The van der Waals surface area contributed by atoms with Crippen molar-refractivity contribution in [2.45, 2.75) is 13.3 Å². The van der Waals surface area contributed by atoms with Crippen LogP contribution in [0, 0.1) is 6.92 Å². The van der Waals surface area contributed by atoms with Crippen LogP contribution in [-0.2, 0) is 11.2 Å². The van der Waals surface area contributed by atoms with Gasteiger partial charge >= 0.3 is 0 Å². The van der Waals surface area contributed by atoms with Crippen LogP contribution in [0.5, 0.6) is 0 Å². The minimum atomic E-state index is -0.112. The lowest BCUT2D eigenvalue weighted by molar-refractivity contribution is -0.115. The number of hydrogen-bond donors (Lipinski definition) is 2. The maximum absolute atomic E-state index is 11.9. The van der Waals surface area contributed by atoms with Gasteiger partial charge in [0.1, 0.15) is 0 Å². The van der Waals surface area contributed by atoms with Crippen LogP contribution in [0.4, 0.5) is 11.4 Å². The number of halogens is 1. The van der Waals surface area contributed by atoms with Gasteiger partial charge in [-0.1, -0.05) is 41.4 Å². The third kappa shape index (κ3) is 3.73. The number of carbonyl (C=O) groups is 1. The predicted molar refractivity (Wildman–Crippen MR) is 79.4 cm³/mol. The number of hydrogen-bond acceptors (Lipinski definition) is 2. The molecule has 98 valence electrons. The summed E-state index contributed by atoms with van der Waals surface area (Å²) in [7, 11) is 0. The normalized spacial score (nSPS) is 10.2. The summed E-state index contributed by atoms with van der Waals surface area (Å²) in [6, 6.07) is 12.8. The van der Waals surface area contributed by atoms with E-state index in [4.69, 9.17) is 17.3 Å². The van der Waals surface area contributed by atoms with Crippen molar-refractivity contribution in [3.05, 3.63) is 58.6 Å². The van der Waals surface area contributed by atoms with E-state index < -0.39 is 0 Å². The van der Waals surface area contributed by atoms with E-state index in [1.807, 2.05) is 31.2 Å². The Hall–Kier alpha value is -2.00. The molecule has 0 aliphatic carbocycles. The van der Waals surface area contributed by atoms with Crippen molar-refractivity contribution in [1.29, 1.82) is 0 Å². The summed E-state index contributed by atoms with van der Waals surface area (Å²) in [5.74, 6) is -0.112. The molecule has 0 aliphatic heterocycles. The van der Waals surface area contributed by atoms with Crippen LogP contribution in [0.25, 0.3) is 0 Å². The number of rotatable bonds is 3. The number of anilines is 2. The van der Waals surface area contributed by atoms with Crippen molar-refractivity contribution in [3.63, 3.8) is 0 Å². The van der Waals surface area contributed by atoms with E-state index in [1.165, 1.54) is 0 Å². The fraction of sp³-hybridized carbons (Fsp3) is 0.133. The third-order valence-corrected chi connectivity index (χ3v) is 2.97. The van der Waals surface area contributed by atoms with Crippen molar-refractivity contribution >= 4 is 28.9 Å². The van der Waals surface area contributed by atoms with Crippen molar-refractivity contribution in [3.8, 4) is 0 Å². The van der Waals surface area contributed by atoms with Crippen LogP contribution >= 0.6 is 11.6 Å². The van der Waals surface area contributed by atoms with Gasteiger partial charge in [0, 0.05) is 5.02 Å². The first-order valence-corrected chi connectivity index (χ1v) is 6.33. The van der Waals surface area contributed by atoms with Crippen molar-refractivity contribution < 1.29 is 4.79 Å². The first kappa shape index (κ1) is 13.4. The molecule has 4 heteroatoms. The Kier molecular flexibility index (Phi) is 4.07. The molecule has 0 saturated carbocycles. The highest BCUT2D eigenvalue weighted by molar-refractivity contribution is 6.31. The molecule has 0 spiro atoms. The monoisotopic (exact) mass is 274 g/mol. The maximum Gasteiger partial charge on any atom is 0.228 e. The molecule has 0 aliphatic rings. The summed E-state index contributed by atoms with van der Waals surface area (Å²) in [5.41, 5.74) is 8.93. The van der Waals surface area contributed by atoms with E-state index in [1.54, 1.807) is 18.2 Å². The van der Waals surface area contributed by atoms with Gasteiger partial charge in [0.25, 0.3) is 0 Å². The molecule has 0 unspecified atom stereocenters. The van der Waals surface area contributed by atoms with Crippen LogP contribution in [0.1, 0.15) is 11.1 Å². The average Bonchev–Trinajstić information content (AvgIpc) is 2.34. The second-order valence-electron chi connectivity index (χ2n) is 4.45. The molecule has 0 saturated heterocycles. The number of nitrogen functional groups attached to an aromatic ring is 1. The molecule has 0 aromatic heterocycles. The minimum absolute atomic E-state index is 0.112. The fourth-order valence-electron chi connectivity index (χ4n) is 1.84. The van der Waals surface area contributed by atoms with E-state index in [-0.39, 0.29) is 5.91 Å². The maximum atomic E-state index is 11.9. The van der Waals surface area contributed by atoms with E-state index in [0.717, 1.165) is 11.1 Å². The average molecular weight is 275 g/mol. The second-order valence-corrected chi connectivity index (χ2v) is 4.88. The van der Waals surface area contributed by atoms with Gasteiger partial charge in [-0.25, -0.2) is 0 Å². The Morgan fingerprint density at radius 2 is 2.05 bits per heavy atom. The minimum Gasteiger partial charge on any atom is -0.397 e. The van der Waals surface area contributed by atoms with Crippen LogP contribution < -0.4 is 11.1 Å². The zero-order valence-electron chi connectivity index (χ0n) is 10.6. The Labute approximate surface area is 117 Å². The standard InChI is InChI=1S/C15H15ClN2O/c1-10-3-2-4-11(7-10)8-15(19)18-14-9-12(16)5-6-13(14)17/h2-7,9H,8,17H2,1H3,(H,18,19). The van der Waals surface area contributed by atoms with Crippen molar-refractivity contribution in [2.24, 2.45) is 0 Å². The number of amides is 1. The lowest BCUT2D eigenvalue weighted by Crippen LogP contribution is -2.15. The lowest BCUT2D eigenvalue weighted by Gasteiger charge is -2.09. The Balaban J connectivity index is 2.07. The summed E-state index contributed by atoms with van der Waals surface area (Å²) in [6.45, 7) is 2.00. The highest BCUT2D eigenvalue weighted by Gasteiger charge is 2.07. The molecule has 2 aromatic carbocycles. The number of benzene rings is 2. The topological polar surface area (TPSA) is 55.1 Å². The van der Waals surface area contributed by atoms with Gasteiger partial charge in [-0.15, -0.1) is 0 Å². The molecule has 0 heterocycles. The lowest BCUT2D eigenvalue weighted by atomic mass is 10.1. The van der Waals surface area contributed by atoms with Gasteiger partial charge in [0.15, 0.2) is 0 Å². The second kappa shape index (κ2) is 5.76. The third-order valence-electron chi connectivity index (χ3n) is 2.74. The molecule has 3 N–H and O–H groups in total. The van der Waals surface area contributed by atoms with Gasteiger partial charge < -0.3 is 11.1 Å². The van der Waals surface area contributed by atoms with Crippen molar-refractivity contribution in [2.75, 3.05) is 11.1 Å². The Morgan fingerprint density at radius 3 is 2.79 bits per heavy atom. The summed E-state index contributed by atoms with van der Waals surface area (Å²) in [5, 5.41) is 3.31. The summed E-state index contributed by atoms with van der Waals surface area (Å²) >= 11 is 5.87. The number of carbonyl (C=O) groups excluding carboxylic acids is 1. The summed E-state index contributed by atoms with van der Waals surface area (Å²) in [6.07, 6.45) is 0.313. The smallest absolute Gasteiger partial charge is 0.228 e. The van der Waals surface area contributed by atoms with Gasteiger partial charge in [-0.05, 0) is 30.7 Å². The molecule has 0 radical (unpaired) electrons. The highest BCUT2D eigenvalue weighted by Crippen LogP contribution is 2.23. The van der Waals surface area contributed by atoms with Crippen LogP contribution in [0.3, 0.4) is 0 Å². The fourth-order valence-corrected chi connectivity index (χ4v) is 2.01. The first-order chi connectivity index (χ1) is 9.04. The molecule has 0 bridgehead atoms. The molecule has 2 aromatic rings. The first-order valence-electron chi connectivity index (χ1n) is 5.95. The summed E-state index contributed by atoms with van der Waals surface area (Å²) in [4.78, 5) is 11.9. The quantitative estimate of drug-likeness (QED) is 0.843. The van der Waals surface area contributed by atoms with E-state index in [9.17, 15) is 4.79 Å². The van der Waals surface area contributed by atoms with Crippen LogP contribution in [0.2, 0.25) is 5.02 Å². The zero-order chi connectivity index (χ0) is 13.8. The highest BCUT2D eigenvalue weighted by atomic mass is 35.5. The molecule has 19 heavy (non-hydrogen) atoms. The number of aryl methyl sites for hydroxylation is 1. The van der Waals surface area contributed by atoms with E-state index in [0.29, 0.717) is 22.8 Å². The van der Waals surface area contributed by atoms with Gasteiger partial charge in [-0.2, -0.15) is 0 Å². The summed E-state index contributed by atoms with van der Waals surface area (Å²) < 4.78 is 0. The largest absolute Gasteiger partial charge is 0.397 e. The molecule has 0 atom stereocenters. The predicted octanol–water partition coefficient (Wildman–Crippen LogP) is 3.41. The molecule has 3 nitrogen and oxygen atoms in total. The molecule has 1 amide bonds. The number of nitrogens with one attached hydrogen (secondary N) is 1. The van der Waals surface area contributed by atoms with Crippen molar-refractivity contribution in [1.82, 2.24) is 0 Å². The molecular formula is C15H15ClN2O. The van der Waals surface area contributed by atoms with Crippen LogP contribution in [0.15, 0.2) is 42.5 Å². The Morgan fingerprint density at radius 1 is 1.26 bits per heavy atom. The van der Waals surface area contributed by atoms with Crippen LogP contribution in [-0.4, -0.2) is 5.91 Å². The van der Waals surface area contributed by atoms with Gasteiger partial charge in [0.2, 0.25) is 5.91 Å². The van der Waals surface area contributed by atoms with Gasteiger partial charge in [0.05, 0.1) is 17.8 Å².